The lowest BCUT2D eigenvalue weighted by Gasteiger charge is -2.06. The van der Waals surface area contributed by atoms with Crippen LogP contribution in [0.15, 0.2) is 60.0 Å². The van der Waals surface area contributed by atoms with E-state index in [1.54, 1.807) is 18.4 Å². The first kappa shape index (κ1) is 13.6. The Morgan fingerprint density at radius 3 is 2.37 bits per heavy atom. The number of carbonyl (C=O) groups excluding carboxylic acids is 1. The van der Waals surface area contributed by atoms with Crippen molar-refractivity contribution in [3.8, 4) is 0 Å². The van der Waals surface area contributed by atoms with Crippen molar-refractivity contribution in [1.82, 2.24) is 0 Å². The maximum Gasteiger partial charge on any atom is 0.193 e. The number of Topliss-reactive ketones (excluding diaryl/α,β-unsaturated/α-hetero) is 1. The van der Waals surface area contributed by atoms with Crippen LogP contribution in [0.25, 0.3) is 5.57 Å². The van der Waals surface area contributed by atoms with E-state index >= 15 is 0 Å². The summed E-state index contributed by atoms with van der Waals surface area (Å²) in [5, 5.41) is 0. The number of rotatable bonds is 4. The van der Waals surface area contributed by atoms with Crippen LogP contribution in [0.3, 0.4) is 0 Å². The molecule has 1 nitrogen and oxygen atoms in total. The quantitative estimate of drug-likeness (QED) is 0.465. The van der Waals surface area contributed by atoms with Gasteiger partial charge in [0.05, 0.1) is 0 Å². The molecule has 0 radical (unpaired) electrons. The number of ketones is 1. The van der Waals surface area contributed by atoms with Gasteiger partial charge in [0.15, 0.2) is 5.78 Å². The third kappa shape index (κ3) is 2.93. The van der Waals surface area contributed by atoms with Crippen molar-refractivity contribution in [1.29, 1.82) is 0 Å². The first-order chi connectivity index (χ1) is 9.13. The fourth-order valence-electron chi connectivity index (χ4n) is 1.75. The van der Waals surface area contributed by atoms with Crippen molar-refractivity contribution in [3.05, 3.63) is 72.1 Å². The van der Waals surface area contributed by atoms with E-state index in [2.05, 4.69) is 6.58 Å². The van der Waals surface area contributed by atoms with Crippen molar-refractivity contribution >= 4 is 23.1 Å². The van der Waals surface area contributed by atoms with E-state index < -0.39 is 0 Å². The van der Waals surface area contributed by atoms with Crippen LogP contribution in [-0.2, 0) is 0 Å². The lowest BCUT2D eigenvalue weighted by atomic mass is 9.98. The monoisotopic (exact) mass is 272 g/mol. The van der Waals surface area contributed by atoms with Gasteiger partial charge < -0.3 is 0 Å². The zero-order valence-electron chi connectivity index (χ0n) is 10.5. The van der Waals surface area contributed by atoms with Gasteiger partial charge in [0.1, 0.15) is 5.82 Å². The highest BCUT2D eigenvalue weighted by Gasteiger charge is 2.13. The zero-order valence-corrected chi connectivity index (χ0v) is 11.3. The van der Waals surface area contributed by atoms with Gasteiger partial charge in [-0.1, -0.05) is 36.9 Å². The topological polar surface area (TPSA) is 17.1 Å². The van der Waals surface area contributed by atoms with Gasteiger partial charge in [-0.3, -0.25) is 4.79 Å². The normalized spacial score (nSPS) is 10.2. The second-order valence-electron chi connectivity index (χ2n) is 4.02. The number of halogens is 1. The lowest BCUT2D eigenvalue weighted by Crippen LogP contribution is -2.02. The summed E-state index contributed by atoms with van der Waals surface area (Å²) in [5.41, 5.74) is 1.45. The number of benzene rings is 2. The maximum absolute atomic E-state index is 13.7. The molecule has 0 amide bonds. The second-order valence-corrected chi connectivity index (χ2v) is 4.87. The third-order valence-corrected chi connectivity index (χ3v) is 3.58. The summed E-state index contributed by atoms with van der Waals surface area (Å²) in [6.45, 7) is 3.80. The molecule has 3 heteroatoms. The lowest BCUT2D eigenvalue weighted by molar-refractivity contribution is 0.105. The fourth-order valence-corrected chi connectivity index (χ4v) is 2.21. The van der Waals surface area contributed by atoms with Gasteiger partial charge >= 0.3 is 0 Å². The molecule has 0 N–H and O–H groups in total. The summed E-state index contributed by atoms with van der Waals surface area (Å²) in [6, 6.07) is 13.7. The molecule has 0 fully saturated rings. The molecular formula is C16H13FOS. The summed E-state index contributed by atoms with van der Waals surface area (Å²) < 4.78 is 13.7. The molecule has 0 aromatic heterocycles. The van der Waals surface area contributed by atoms with E-state index in [-0.39, 0.29) is 11.6 Å². The molecule has 19 heavy (non-hydrogen) atoms. The van der Waals surface area contributed by atoms with Gasteiger partial charge in [0, 0.05) is 16.0 Å². The summed E-state index contributed by atoms with van der Waals surface area (Å²) in [4.78, 5) is 12.8. The SMILES string of the molecule is C=C(C(=O)c1ccc(SC)c(F)c1)c1ccccc1. The van der Waals surface area contributed by atoms with Gasteiger partial charge in [-0.25, -0.2) is 4.39 Å². The van der Waals surface area contributed by atoms with Crippen LogP contribution in [0, 0.1) is 5.82 Å². The average molecular weight is 272 g/mol. The molecule has 2 aromatic carbocycles. The molecule has 0 aliphatic rings. The molecule has 2 aromatic rings. The minimum Gasteiger partial charge on any atom is -0.289 e. The highest BCUT2D eigenvalue weighted by Crippen LogP contribution is 2.23. The molecule has 0 unspecified atom stereocenters. The molecule has 96 valence electrons. The Hall–Kier alpha value is -1.87. The molecule has 2 rings (SSSR count). The molecule has 0 aliphatic carbocycles. The van der Waals surface area contributed by atoms with Gasteiger partial charge in [-0.05, 0) is 30.0 Å². The molecule has 0 aliphatic heterocycles. The molecule has 0 saturated carbocycles. The number of carbonyl (C=O) groups is 1. The fraction of sp³-hybridized carbons (Fsp3) is 0.0625. The first-order valence-electron chi connectivity index (χ1n) is 5.76. The second kappa shape index (κ2) is 5.85. The van der Waals surface area contributed by atoms with Crippen molar-refractivity contribution in [3.63, 3.8) is 0 Å². The summed E-state index contributed by atoms with van der Waals surface area (Å²) in [7, 11) is 0. The Morgan fingerprint density at radius 2 is 1.79 bits per heavy atom. The Labute approximate surface area is 116 Å². The average Bonchev–Trinajstić information content (AvgIpc) is 2.46. The Balaban J connectivity index is 2.30. The van der Waals surface area contributed by atoms with Gasteiger partial charge in [-0.15, -0.1) is 11.8 Å². The number of hydrogen-bond donors (Lipinski definition) is 0. The highest BCUT2D eigenvalue weighted by molar-refractivity contribution is 7.98. The number of allylic oxidation sites excluding steroid dienone is 1. The molecule has 0 bridgehead atoms. The van der Waals surface area contributed by atoms with Gasteiger partial charge in [-0.2, -0.15) is 0 Å². The van der Waals surface area contributed by atoms with E-state index in [0.717, 1.165) is 5.56 Å². The minimum atomic E-state index is -0.376. The Morgan fingerprint density at radius 1 is 1.11 bits per heavy atom. The predicted octanol–water partition coefficient (Wildman–Crippen LogP) is 4.44. The van der Waals surface area contributed by atoms with Gasteiger partial charge in [0.25, 0.3) is 0 Å². The van der Waals surface area contributed by atoms with Crippen LogP contribution in [0.4, 0.5) is 4.39 Å². The largest absolute Gasteiger partial charge is 0.289 e. The predicted molar refractivity (Wildman–Crippen MR) is 78.0 cm³/mol. The van der Waals surface area contributed by atoms with Crippen molar-refractivity contribution < 1.29 is 9.18 Å². The summed E-state index contributed by atoms with van der Waals surface area (Å²) >= 11 is 1.31. The third-order valence-electron chi connectivity index (χ3n) is 2.81. The van der Waals surface area contributed by atoms with Crippen LogP contribution in [0.1, 0.15) is 15.9 Å². The van der Waals surface area contributed by atoms with Gasteiger partial charge in [0.2, 0.25) is 0 Å². The van der Waals surface area contributed by atoms with Crippen LogP contribution in [-0.4, -0.2) is 12.0 Å². The summed E-state index contributed by atoms with van der Waals surface area (Å²) in [6.07, 6.45) is 1.79. The molecular weight excluding hydrogens is 259 g/mol. The first-order valence-corrected chi connectivity index (χ1v) is 6.98. The highest BCUT2D eigenvalue weighted by atomic mass is 32.2. The van der Waals surface area contributed by atoms with E-state index in [9.17, 15) is 9.18 Å². The van der Waals surface area contributed by atoms with Crippen LogP contribution >= 0.6 is 11.8 Å². The zero-order chi connectivity index (χ0) is 13.8. The Kier molecular flexibility index (Phi) is 4.17. The molecule has 0 atom stereocenters. The maximum atomic E-state index is 13.7. The molecule has 0 saturated heterocycles. The van der Waals surface area contributed by atoms with Crippen molar-refractivity contribution in [2.75, 3.05) is 6.26 Å². The number of hydrogen-bond acceptors (Lipinski definition) is 2. The molecule has 0 spiro atoms. The van der Waals surface area contributed by atoms with Crippen molar-refractivity contribution in [2.24, 2.45) is 0 Å². The van der Waals surface area contributed by atoms with Crippen molar-refractivity contribution in [2.45, 2.75) is 4.90 Å². The van der Waals surface area contributed by atoms with E-state index in [1.165, 1.54) is 17.8 Å². The van der Waals surface area contributed by atoms with Crippen LogP contribution in [0.2, 0.25) is 0 Å². The van der Waals surface area contributed by atoms with E-state index in [0.29, 0.717) is 16.0 Å². The minimum absolute atomic E-state index is 0.252. The molecule has 0 heterocycles. The smallest absolute Gasteiger partial charge is 0.193 e. The van der Waals surface area contributed by atoms with Crippen LogP contribution < -0.4 is 0 Å². The van der Waals surface area contributed by atoms with E-state index in [4.69, 9.17) is 0 Å². The van der Waals surface area contributed by atoms with E-state index in [1.807, 2.05) is 30.3 Å². The van der Waals surface area contributed by atoms with Crippen LogP contribution in [0.5, 0.6) is 0 Å². The Bertz CT molecular complexity index is 620. The number of thioether (sulfide) groups is 1. The summed E-state index contributed by atoms with van der Waals surface area (Å²) in [5.74, 6) is -0.628. The standard InChI is InChI=1S/C16H13FOS/c1-11(12-6-4-3-5-7-12)16(18)13-8-9-15(19-2)14(17)10-13/h3-10H,1H2,2H3.